The Balaban J connectivity index is 2.16. The fourth-order valence-electron chi connectivity index (χ4n) is 1.35. The lowest BCUT2D eigenvalue weighted by molar-refractivity contribution is -0.135. The lowest BCUT2D eigenvalue weighted by Crippen LogP contribution is -2.34. The van der Waals surface area contributed by atoms with Crippen LogP contribution in [-0.2, 0) is 9.53 Å². The Kier molecular flexibility index (Phi) is 1.84. The molecule has 0 unspecified atom stereocenters. The minimum absolute atomic E-state index is 0.326. The Morgan fingerprint density at radius 3 is 3.31 bits per heavy atom. The molecule has 0 amide bonds. The molecular weight excluding hydrogens is 170 g/mol. The Morgan fingerprint density at radius 2 is 2.54 bits per heavy atom. The number of carbonyl (C=O) groups excluding carboxylic acids is 1. The molecule has 1 saturated heterocycles. The number of esters is 1. The van der Waals surface area contributed by atoms with E-state index in [-0.39, 0.29) is 5.97 Å². The first-order valence-electron chi connectivity index (χ1n) is 4.09. The molecule has 0 aromatic rings. The van der Waals surface area contributed by atoms with Gasteiger partial charge < -0.3 is 15.5 Å². The highest BCUT2D eigenvalue weighted by molar-refractivity contribution is 5.91. The first kappa shape index (κ1) is 7.97. The molecule has 13 heavy (non-hydrogen) atoms. The van der Waals surface area contributed by atoms with Crippen molar-refractivity contribution in [2.75, 3.05) is 20.2 Å². The number of hydrazine groups is 1. The van der Waals surface area contributed by atoms with Gasteiger partial charge >= 0.3 is 5.97 Å². The molecule has 1 fully saturated rings. The number of hydrogen-bond acceptors (Lipinski definition) is 5. The van der Waals surface area contributed by atoms with Crippen LogP contribution < -0.4 is 10.7 Å². The minimum Gasteiger partial charge on any atom is -0.465 e. The van der Waals surface area contributed by atoms with E-state index < -0.39 is 0 Å². The van der Waals surface area contributed by atoms with E-state index >= 15 is 0 Å². The fourth-order valence-corrected chi connectivity index (χ4v) is 1.35. The van der Waals surface area contributed by atoms with Crippen molar-refractivity contribution in [2.45, 2.75) is 0 Å². The Morgan fingerprint density at radius 1 is 1.69 bits per heavy atom. The van der Waals surface area contributed by atoms with Gasteiger partial charge in [-0.2, -0.15) is 0 Å². The molecule has 0 aliphatic carbocycles. The van der Waals surface area contributed by atoms with E-state index in [9.17, 15) is 4.79 Å². The van der Waals surface area contributed by atoms with Crippen molar-refractivity contribution < 1.29 is 9.53 Å². The lowest BCUT2D eigenvalue weighted by atomic mass is 10.2. The van der Waals surface area contributed by atoms with Gasteiger partial charge in [0.15, 0.2) is 0 Å². The van der Waals surface area contributed by atoms with Crippen LogP contribution in [0, 0.1) is 0 Å². The molecular formula is C8H11N3O2. The number of carbonyl (C=O) groups is 1. The zero-order valence-corrected chi connectivity index (χ0v) is 7.33. The van der Waals surface area contributed by atoms with Gasteiger partial charge in [-0.1, -0.05) is 0 Å². The molecule has 0 bridgehead atoms. The molecule has 2 rings (SSSR count). The fraction of sp³-hybridized carbons (Fsp3) is 0.375. The maximum atomic E-state index is 11.1. The van der Waals surface area contributed by atoms with Crippen molar-refractivity contribution in [3.63, 3.8) is 0 Å². The van der Waals surface area contributed by atoms with Crippen LogP contribution in [0.25, 0.3) is 0 Å². The Labute approximate surface area is 76.0 Å². The molecule has 70 valence electrons. The average molecular weight is 181 g/mol. The third-order valence-corrected chi connectivity index (χ3v) is 2.02. The maximum absolute atomic E-state index is 11.1. The van der Waals surface area contributed by atoms with Gasteiger partial charge in [0.2, 0.25) is 0 Å². The molecule has 0 radical (unpaired) electrons. The molecule has 0 aromatic heterocycles. The van der Waals surface area contributed by atoms with Crippen LogP contribution in [0.4, 0.5) is 0 Å². The van der Waals surface area contributed by atoms with Crippen molar-refractivity contribution in [3.05, 3.63) is 23.7 Å². The van der Waals surface area contributed by atoms with Gasteiger partial charge in [-0.05, 0) is 6.08 Å². The number of nitrogens with zero attached hydrogens (tertiary/aromatic N) is 1. The second-order valence-electron chi connectivity index (χ2n) is 2.83. The number of methoxy groups -OCH3 is 1. The summed E-state index contributed by atoms with van der Waals surface area (Å²) in [4.78, 5) is 11.1. The average Bonchev–Trinajstić information content (AvgIpc) is 2.63. The van der Waals surface area contributed by atoms with Crippen LogP contribution in [0.5, 0.6) is 0 Å². The van der Waals surface area contributed by atoms with Crippen molar-refractivity contribution in [2.24, 2.45) is 0 Å². The summed E-state index contributed by atoms with van der Waals surface area (Å²) in [7, 11) is 1.37. The van der Waals surface area contributed by atoms with Gasteiger partial charge in [0.05, 0.1) is 19.2 Å². The molecule has 2 aliphatic heterocycles. The predicted molar refractivity (Wildman–Crippen MR) is 46.0 cm³/mol. The smallest absolute Gasteiger partial charge is 0.339 e. The molecule has 0 saturated carbocycles. The first-order chi connectivity index (χ1) is 6.31. The van der Waals surface area contributed by atoms with Crippen LogP contribution in [0.3, 0.4) is 0 Å². The van der Waals surface area contributed by atoms with E-state index in [2.05, 4.69) is 15.5 Å². The molecule has 2 heterocycles. The van der Waals surface area contributed by atoms with E-state index in [4.69, 9.17) is 0 Å². The summed E-state index contributed by atoms with van der Waals surface area (Å²) in [6.45, 7) is 1.79. The minimum atomic E-state index is -0.326. The SMILES string of the molecule is COC(=O)C1=CNN2CCNC2=C1. The number of hydrogen-bond donors (Lipinski definition) is 2. The summed E-state index contributed by atoms with van der Waals surface area (Å²) >= 11 is 0. The molecule has 0 atom stereocenters. The van der Waals surface area contributed by atoms with Crippen LogP contribution in [0.1, 0.15) is 0 Å². The van der Waals surface area contributed by atoms with Gasteiger partial charge in [0.1, 0.15) is 5.82 Å². The molecule has 2 N–H and O–H groups in total. The summed E-state index contributed by atoms with van der Waals surface area (Å²) in [5.74, 6) is 0.594. The third-order valence-electron chi connectivity index (χ3n) is 2.02. The highest BCUT2D eigenvalue weighted by Crippen LogP contribution is 2.13. The first-order valence-corrected chi connectivity index (χ1v) is 4.09. The summed E-state index contributed by atoms with van der Waals surface area (Å²) in [5.41, 5.74) is 3.52. The van der Waals surface area contributed by atoms with Crippen molar-refractivity contribution in [1.29, 1.82) is 0 Å². The normalized spacial score (nSPS) is 19.3. The zero-order chi connectivity index (χ0) is 9.26. The highest BCUT2D eigenvalue weighted by atomic mass is 16.5. The largest absolute Gasteiger partial charge is 0.465 e. The monoisotopic (exact) mass is 181 g/mol. The van der Waals surface area contributed by atoms with E-state index in [0.29, 0.717) is 5.57 Å². The molecule has 0 spiro atoms. The molecule has 0 aromatic carbocycles. The van der Waals surface area contributed by atoms with Crippen molar-refractivity contribution >= 4 is 5.97 Å². The van der Waals surface area contributed by atoms with Gasteiger partial charge in [-0.25, -0.2) is 4.79 Å². The van der Waals surface area contributed by atoms with Crippen molar-refractivity contribution in [3.8, 4) is 0 Å². The van der Waals surface area contributed by atoms with Crippen LogP contribution >= 0.6 is 0 Å². The summed E-state index contributed by atoms with van der Waals surface area (Å²) < 4.78 is 4.60. The van der Waals surface area contributed by atoms with Gasteiger partial charge in [0.25, 0.3) is 0 Å². The second kappa shape index (κ2) is 3.01. The highest BCUT2D eigenvalue weighted by Gasteiger charge is 2.21. The van der Waals surface area contributed by atoms with Gasteiger partial charge in [-0.3, -0.25) is 5.01 Å². The summed E-state index contributed by atoms with van der Waals surface area (Å²) in [6, 6.07) is 0. The third kappa shape index (κ3) is 1.32. The number of nitrogens with one attached hydrogen (secondary N) is 2. The number of ether oxygens (including phenoxy) is 1. The Hall–Kier alpha value is -1.65. The zero-order valence-electron chi connectivity index (χ0n) is 7.33. The van der Waals surface area contributed by atoms with Crippen LogP contribution in [-0.4, -0.2) is 31.2 Å². The number of rotatable bonds is 1. The van der Waals surface area contributed by atoms with Gasteiger partial charge in [-0.15, -0.1) is 0 Å². The van der Waals surface area contributed by atoms with Crippen LogP contribution in [0.2, 0.25) is 0 Å². The summed E-state index contributed by atoms with van der Waals surface area (Å²) in [5, 5.41) is 5.08. The van der Waals surface area contributed by atoms with Gasteiger partial charge in [0, 0.05) is 12.7 Å². The van der Waals surface area contributed by atoms with E-state index in [0.717, 1.165) is 18.9 Å². The predicted octanol–water partition coefficient (Wildman–Crippen LogP) is -0.692. The molecule has 2 aliphatic rings. The molecule has 5 nitrogen and oxygen atoms in total. The van der Waals surface area contributed by atoms with Crippen molar-refractivity contribution in [1.82, 2.24) is 15.8 Å². The van der Waals surface area contributed by atoms with Crippen LogP contribution in [0.15, 0.2) is 23.7 Å². The number of fused-ring (bicyclic) bond motifs is 1. The van der Waals surface area contributed by atoms with E-state index in [1.165, 1.54) is 7.11 Å². The quantitative estimate of drug-likeness (QED) is 0.524. The lowest BCUT2D eigenvalue weighted by Gasteiger charge is -2.22. The van der Waals surface area contributed by atoms with E-state index in [1.54, 1.807) is 12.3 Å². The maximum Gasteiger partial charge on any atom is 0.339 e. The topological polar surface area (TPSA) is 53.6 Å². The molecule has 5 heteroatoms. The second-order valence-corrected chi connectivity index (χ2v) is 2.83. The Bertz CT molecular complexity index is 296. The summed E-state index contributed by atoms with van der Waals surface area (Å²) in [6.07, 6.45) is 3.41. The van der Waals surface area contributed by atoms with E-state index in [1.807, 2.05) is 5.01 Å². The standard InChI is InChI=1S/C8H11N3O2/c1-13-8(12)6-4-7-9-2-3-11(7)10-5-6/h4-5,9-10H,2-3H2,1H3.